The van der Waals surface area contributed by atoms with Crippen molar-refractivity contribution in [2.45, 2.75) is 32.7 Å². The van der Waals surface area contributed by atoms with Crippen molar-refractivity contribution in [3.63, 3.8) is 0 Å². The Hall–Kier alpha value is -2.57. The molecule has 0 radical (unpaired) electrons. The lowest BCUT2D eigenvalue weighted by atomic mass is 10.2. The predicted molar refractivity (Wildman–Crippen MR) is 149 cm³/mol. The molecule has 0 aliphatic heterocycles. The molecular formula is C28H31Cl2NO3Si. The summed E-state index contributed by atoms with van der Waals surface area (Å²) in [4.78, 5) is 12.1. The quantitative estimate of drug-likeness (QED) is 0.251. The van der Waals surface area contributed by atoms with Gasteiger partial charge in [0, 0.05) is 5.69 Å². The smallest absolute Gasteiger partial charge is 0.411 e. The third kappa shape index (κ3) is 6.76. The summed E-state index contributed by atoms with van der Waals surface area (Å²) in [6.07, 6.45) is 1.30. The highest BCUT2D eigenvalue weighted by Gasteiger charge is 2.50. The molecule has 3 rings (SSSR count). The minimum atomic E-state index is -2.62. The number of carbonyl (C=O) groups excluding carboxylic acids is 1. The van der Waals surface area contributed by atoms with Crippen LogP contribution in [0.3, 0.4) is 0 Å². The summed E-state index contributed by atoms with van der Waals surface area (Å²) in [5.41, 5.74) is 1.50. The maximum atomic E-state index is 12.1. The van der Waals surface area contributed by atoms with Gasteiger partial charge in [-0.2, -0.15) is 0 Å². The fourth-order valence-electron chi connectivity index (χ4n) is 4.03. The SMILES string of the molecule is C/C(=C\COC(=O)Nc1ccc(Cl)c(Cl)c1)CO[Si](c1ccccc1)(c1ccccc1)C(C)(C)C. The van der Waals surface area contributed by atoms with Gasteiger partial charge in [-0.05, 0) is 52.2 Å². The summed E-state index contributed by atoms with van der Waals surface area (Å²) in [7, 11) is -2.62. The van der Waals surface area contributed by atoms with E-state index in [1.54, 1.807) is 18.2 Å². The Morgan fingerprint density at radius 3 is 2.00 bits per heavy atom. The van der Waals surface area contributed by atoms with Gasteiger partial charge >= 0.3 is 6.09 Å². The largest absolute Gasteiger partial charge is 0.445 e. The Labute approximate surface area is 219 Å². The Bertz CT molecular complexity index is 1120. The summed E-state index contributed by atoms with van der Waals surface area (Å²) < 4.78 is 12.2. The normalized spacial score (nSPS) is 12.3. The molecule has 3 aromatic carbocycles. The number of rotatable bonds is 8. The molecular weight excluding hydrogens is 497 g/mol. The van der Waals surface area contributed by atoms with E-state index in [0.717, 1.165) is 5.57 Å². The second kappa shape index (κ2) is 11.9. The van der Waals surface area contributed by atoms with E-state index in [2.05, 4.69) is 74.6 Å². The number of nitrogens with one attached hydrogen (secondary N) is 1. The minimum absolute atomic E-state index is 0.105. The summed E-state index contributed by atoms with van der Waals surface area (Å²) in [6.45, 7) is 9.28. The number of ether oxygens (including phenoxy) is 1. The van der Waals surface area contributed by atoms with E-state index in [1.165, 1.54) is 10.4 Å². The van der Waals surface area contributed by atoms with Crippen molar-refractivity contribution >= 4 is 53.7 Å². The van der Waals surface area contributed by atoms with E-state index in [9.17, 15) is 4.79 Å². The van der Waals surface area contributed by atoms with Crippen molar-refractivity contribution in [2.75, 3.05) is 18.5 Å². The lowest BCUT2D eigenvalue weighted by Crippen LogP contribution is -2.66. The molecule has 0 saturated carbocycles. The summed E-state index contributed by atoms with van der Waals surface area (Å²) in [5.74, 6) is 0. The Morgan fingerprint density at radius 2 is 1.49 bits per heavy atom. The average Bonchev–Trinajstić information content (AvgIpc) is 2.82. The highest BCUT2D eigenvalue weighted by atomic mass is 35.5. The van der Waals surface area contributed by atoms with E-state index < -0.39 is 14.4 Å². The molecule has 184 valence electrons. The minimum Gasteiger partial charge on any atom is -0.445 e. The molecule has 0 spiro atoms. The van der Waals surface area contributed by atoms with E-state index >= 15 is 0 Å². The second-order valence-corrected chi connectivity index (χ2v) is 14.5. The van der Waals surface area contributed by atoms with Crippen LogP contribution in [0.5, 0.6) is 0 Å². The molecule has 4 nitrogen and oxygen atoms in total. The third-order valence-corrected chi connectivity index (χ3v) is 11.5. The molecule has 0 aromatic heterocycles. The summed E-state index contributed by atoms with van der Waals surface area (Å²) in [5, 5.41) is 5.77. The fourth-order valence-corrected chi connectivity index (χ4v) is 8.93. The Kier molecular flexibility index (Phi) is 9.19. The molecule has 0 unspecified atom stereocenters. The van der Waals surface area contributed by atoms with Gasteiger partial charge in [0.25, 0.3) is 8.32 Å². The van der Waals surface area contributed by atoms with Gasteiger partial charge in [-0.15, -0.1) is 0 Å². The van der Waals surface area contributed by atoms with Crippen molar-refractivity contribution in [2.24, 2.45) is 0 Å². The first-order valence-corrected chi connectivity index (χ1v) is 14.1. The number of halogens is 2. The van der Waals surface area contributed by atoms with E-state index in [-0.39, 0.29) is 11.6 Å². The molecule has 1 N–H and O–H groups in total. The fraction of sp³-hybridized carbons (Fsp3) is 0.250. The molecule has 0 heterocycles. The van der Waals surface area contributed by atoms with Gasteiger partial charge in [0.1, 0.15) is 6.61 Å². The molecule has 0 aliphatic carbocycles. The topological polar surface area (TPSA) is 47.6 Å². The summed E-state index contributed by atoms with van der Waals surface area (Å²) in [6, 6.07) is 25.8. The number of hydrogen-bond acceptors (Lipinski definition) is 3. The van der Waals surface area contributed by atoms with E-state index in [0.29, 0.717) is 22.3 Å². The first-order chi connectivity index (χ1) is 16.6. The van der Waals surface area contributed by atoms with Crippen molar-refractivity contribution in [1.29, 1.82) is 0 Å². The molecule has 0 saturated heterocycles. The lowest BCUT2D eigenvalue weighted by molar-refractivity contribution is 0.173. The van der Waals surface area contributed by atoms with Gasteiger partial charge in [0.15, 0.2) is 0 Å². The van der Waals surface area contributed by atoms with Gasteiger partial charge in [-0.3, -0.25) is 5.32 Å². The zero-order valence-corrected chi connectivity index (χ0v) is 23.0. The Morgan fingerprint density at radius 1 is 0.914 bits per heavy atom. The van der Waals surface area contributed by atoms with Crippen molar-refractivity contribution < 1.29 is 14.0 Å². The first kappa shape index (κ1) is 27.0. The van der Waals surface area contributed by atoms with E-state index in [1.807, 2.05) is 25.1 Å². The van der Waals surface area contributed by atoms with E-state index in [4.69, 9.17) is 32.4 Å². The van der Waals surface area contributed by atoms with Crippen molar-refractivity contribution in [1.82, 2.24) is 0 Å². The molecule has 0 fully saturated rings. The zero-order chi connectivity index (χ0) is 25.5. The zero-order valence-electron chi connectivity index (χ0n) is 20.5. The van der Waals surface area contributed by atoms with Gasteiger partial charge in [-0.25, -0.2) is 4.79 Å². The van der Waals surface area contributed by atoms with Crippen LogP contribution in [-0.4, -0.2) is 27.6 Å². The van der Waals surface area contributed by atoms with Gasteiger partial charge in [0.05, 0.1) is 16.7 Å². The molecule has 0 aliphatic rings. The predicted octanol–water partition coefficient (Wildman–Crippen LogP) is 7.06. The standard InChI is InChI=1S/C28H31Cl2NO3Si/c1-21(17-18-33-27(32)31-22-15-16-25(29)26(30)19-22)20-34-35(28(2,3)4,23-11-7-5-8-12-23)24-13-9-6-10-14-24/h5-17,19H,18,20H2,1-4H3,(H,31,32)/b21-17+. The molecule has 0 atom stereocenters. The second-order valence-electron chi connectivity index (χ2n) is 9.35. The number of hydrogen-bond donors (Lipinski definition) is 1. The van der Waals surface area contributed by atoms with Crippen LogP contribution in [0.4, 0.5) is 10.5 Å². The lowest BCUT2D eigenvalue weighted by Gasteiger charge is -2.43. The molecule has 7 heteroatoms. The molecule has 35 heavy (non-hydrogen) atoms. The van der Waals surface area contributed by atoms with Crippen LogP contribution in [0, 0.1) is 0 Å². The number of amides is 1. The highest BCUT2D eigenvalue weighted by Crippen LogP contribution is 2.37. The third-order valence-electron chi connectivity index (χ3n) is 5.75. The molecule has 0 bridgehead atoms. The van der Waals surface area contributed by atoms with Crippen LogP contribution in [-0.2, 0) is 9.16 Å². The molecule has 1 amide bonds. The van der Waals surface area contributed by atoms with Crippen LogP contribution >= 0.6 is 23.2 Å². The number of benzene rings is 3. The van der Waals surface area contributed by atoms with Crippen LogP contribution in [0.2, 0.25) is 15.1 Å². The van der Waals surface area contributed by atoms with Crippen molar-refractivity contribution in [3.05, 3.63) is 101 Å². The summed E-state index contributed by atoms with van der Waals surface area (Å²) >= 11 is 11.9. The van der Waals surface area contributed by atoms with Crippen LogP contribution in [0.1, 0.15) is 27.7 Å². The molecule has 3 aromatic rings. The number of carbonyl (C=O) groups is 1. The maximum Gasteiger partial charge on any atom is 0.411 e. The van der Waals surface area contributed by atoms with Gasteiger partial charge in [-0.1, -0.05) is 105 Å². The van der Waals surface area contributed by atoms with Crippen LogP contribution in [0.25, 0.3) is 0 Å². The van der Waals surface area contributed by atoms with Gasteiger partial charge < -0.3 is 9.16 Å². The Balaban J connectivity index is 1.71. The van der Waals surface area contributed by atoms with Crippen molar-refractivity contribution in [3.8, 4) is 0 Å². The highest BCUT2D eigenvalue weighted by molar-refractivity contribution is 6.99. The first-order valence-electron chi connectivity index (χ1n) is 11.4. The van der Waals surface area contributed by atoms with Crippen LogP contribution in [0.15, 0.2) is 90.5 Å². The number of anilines is 1. The monoisotopic (exact) mass is 527 g/mol. The average molecular weight is 529 g/mol. The van der Waals surface area contributed by atoms with Crippen LogP contribution < -0.4 is 15.7 Å². The maximum absolute atomic E-state index is 12.1. The van der Waals surface area contributed by atoms with Gasteiger partial charge in [0.2, 0.25) is 0 Å².